The highest BCUT2D eigenvalue weighted by molar-refractivity contribution is 5.95. The van der Waals surface area contributed by atoms with Crippen LogP contribution in [0.3, 0.4) is 0 Å². The number of benzene rings is 1. The van der Waals surface area contributed by atoms with Crippen molar-refractivity contribution in [3.05, 3.63) is 47.7 Å². The van der Waals surface area contributed by atoms with Crippen LogP contribution in [-0.4, -0.2) is 27.8 Å². The van der Waals surface area contributed by atoms with E-state index in [9.17, 15) is 14.0 Å². The highest BCUT2D eigenvalue weighted by atomic mass is 19.1. The smallest absolute Gasteiger partial charge is 0.271 e. The minimum absolute atomic E-state index is 0.0162. The molecule has 1 aromatic carbocycles. The Kier molecular flexibility index (Phi) is 5.58. The average molecular weight is 385 g/mol. The second kappa shape index (κ2) is 7.92. The van der Waals surface area contributed by atoms with Gasteiger partial charge < -0.3 is 16.4 Å². The highest BCUT2D eigenvalue weighted by Crippen LogP contribution is 2.45. The molecule has 2 aliphatic rings. The summed E-state index contributed by atoms with van der Waals surface area (Å²) in [5.41, 5.74) is 12.0. The number of nitrogens with two attached hydrogens (primary N) is 2. The monoisotopic (exact) mass is 385 g/mol. The Balaban J connectivity index is 0.000000192. The third kappa shape index (κ3) is 4.11. The van der Waals surface area contributed by atoms with E-state index in [1.54, 1.807) is 19.1 Å². The molecular formula is C20H24FN5O2. The van der Waals surface area contributed by atoms with E-state index >= 15 is 0 Å². The first-order valence-electron chi connectivity index (χ1n) is 9.24. The van der Waals surface area contributed by atoms with Gasteiger partial charge in [0.05, 0.1) is 0 Å². The molecule has 2 atom stereocenters. The lowest BCUT2D eigenvalue weighted by molar-refractivity contribution is -0.117. The average Bonchev–Trinajstić information content (AvgIpc) is 3.45. The number of amides is 2. The summed E-state index contributed by atoms with van der Waals surface area (Å²) in [6, 6.07) is 5.09. The normalized spacial score (nSPS) is 20.6. The molecule has 1 saturated carbocycles. The van der Waals surface area contributed by atoms with E-state index in [0.29, 0.717) is 17.9 Å². The van der Waals surface area contributed by atoms with Gasteiger partial charge in [-0.15, -0.1) is 0 Å². The molecule has 1 aliphatic carbocycles. The Labute approximate surface area is 162 Å². The van der Waals surface area contributed by atoms with Gasteiger partial charge in [0.15, 0.2) is 11.5 Å². The van der Waals surface area contributed by atoms with Gasteiger partial charge in [0.1, 0.15) is 5.82 Å². The van der Waals surface area contributed by atoms with Gasteiger partial charge in [0, 0.05) is 31.0 Å². The summed E-state index contributed by atoms with van der Waals surface area (Å²) in [4.78, 5) is 31.6. The summed E-state index contributed by atoms with van der Waals surface area (Å²) in [6.07, 6.45) is 6.06. The van der Waals surface area contributed by atoms with Gasteiger partial charge >= 0.3 is 0 Å². The molecule has 1 fully saturated rings. The van der Waals surface area contributed by atoms with Crippen LogP contribution in [0.25, 0.3) is 0 Å². The number of carbonyl (C=O) groups is 2. The van der Waals surface area contributed by atoms with E-state index in [0.717, 1.165) is 17.7 Å². The largest absolute Gasteiger partial charge is 0.382 e. The molecule has 2 heterocycles. The standard InChI is InChI=1S/C15H18FNO.C5H6N4O/c1-9-7-12-8-13(16)5-6-14(12)17(10(2)18)15(9)11-3-4-11;6-4-3(5(7)10)8-1-2-9-4/h5-6,8-9,11,15H,3-4,7H2,1-2H3;1-2H,(H2,6,9)(H2,7,10)/t9?,15-;/m1./s1. The molecule has 4 rings (SSSR count). The number of nitrogens with zero attached hydrogens (tertiary/aromatic N) is 3. The molecular weight excluding hydrogens is 361 g/mol. The molecule has 2 aromatic rings. The number of aromatic nitrogens is 2. The molecule has 0 bridgehead atoms. The number of anilines is 2. The third-order valence-electron chi connectivity index (χ3n) is 5.13. The molecule has 0 spiro atoms. The van der Waals surface area contributed by atoms with Crippen molar-refractivity contribution in [1.29, 1.82) is 0 Å². The summed E-state index contributed by atoms with van der Waals surface area (Å²) in [5.74, 6) is 0.319. The Morgan fingerprint density at radius 2 is 1.89 bits per heavy atom. The van der Waals surface area contributed by atoms with E-state index in [4.69, 9.17) is 11.5 Å². The number of fused-ring (bicyclic) bond motifs is 1. The molecule has 28 heavy (non-hydrogen) atoms. The minimum atomic E-state index is -0.661. The number of halogens is 1. The number of primary amides is 1. The van der Waals surface area contributed by atoms with Gasteiger partial charge in [-0.25, -0.2) is 14.4 Å². The van der Waals surface area contributed by atoms with Crippen LogP contribution >= 0.6 is 0 Å². The van der Waals surface area contributed by atoms with Gasteiger partial charge in [-0.3, -0.25) is 9.59 Å². The van der Waals surface area contributed by atoms with Crippen molar-refractivity contribution >= 4 is 23.3 Å². The quantitative estimate of drug-likeness (QED) is 0.823. The summed E-state index contributed by atoms with van der Waals surface area (Å²) in [5, 5.41) is 0. The molecule has 7 nitrogen and oxygen atoms in total. The number of hydrogen-bond donors (Lipinski definition) is 2. The second-order valence-electron chi connectivity index (χ2n) is 7.33. The van der Waals surface area contributed by atoms with Crippen molar-refractivity contribution in [1.82, 2.24) is 9.97 Å². The summed E-state index contributed by atoms with van der Waals surface area (Å²) in [6.45, 7) is 3.79. The fourth-order valence-electron chi connectivity index (χ4n) is 3.87. The number of rotatable bonds is 2. The molecule has 4 N–H and O–H groups in total. The van der Waals surface area contributed by atoms with Gasteiger partial charge in [-0.1, -0.05) is 6.92 Å². The molecule has 0 radical (unpaired) electrons. The van der Waals surface area contributed by atoms with Crippen LogP contribution in [0.5, 0.6) is 0 Å². The van der Waals surface area contributed by atoms with Crippen molar-refractivity contribution in [2.24, 2.45) is 17.6 Å². The van der Waals surface area contributed by atoms with Crippen LogP contribution in [0.2, 0.25) is 0 Å². The van der Waals surface area contributed by atoms with Gasteiger partial charge in [0.2, 0.25) is 5.91 Å². The Hall–Kier alpha value is -3.03. The fraction of sp³-hybridized carbons (Fsp3) is 0.400. The molecule has 0 saturated heterocycles. The number of carbonyl (C=O) groups excluding carboxylic acids is 2. The zero-order valence-electron chi connectivity index (χ0n) is 15.9. The first-order chi connectivity index (χ1) is 13.3. The zero-order valence-corrected chi connectivity index (χ0v) is 15.9. The summed E-state index contributed by atoms with van der Waals surface area (Å²) in [7, 11) is 0. The lowest BCUT2D eigenvalue weighted by Gasteiger charge is -2.41. The highest BCUT2D eigenvalue weighted by Gasteiger charge is 2.43. The Bertz CT molecular complexity index is 900. The molecule has 1 aromatic heterocycles. The van der Waals surface area contributed by atoms with E-state index in [2.05, 4.69) is 16.9 Å². The van der Waals surface area contributed by atoms with Crippen molar-refractivity contribution in [2.75, 3.05) is 10.6 Å². The SMILES string of the molecule is CC(=O)N1c2ccc(F)cc2CC(C)[C@@H]1C1CC1.NC(=O)c1nccnc1N. The van der Waals surface area contributed by atoms with E-state index in [1.807, 2.05) is 4.90 Å². The van der Waals surface area contributed by atoms with Crippen LogP contribution < -0.4 is 16.4 Å². The maximum atomic E-state index is 13.3. The molecule has 148 valence electrons. The third-order valence-corrected chi connectivity index (χ3v) is 5.13. The second-order valence-corrected chi connectivity index (χ2v) is 7.33. The first-order valence-corrected chi connectivity index (χ1v) is 9.24. The first kappa shape index (κ1) is 19.7. The molecule has 1 aliphatic heterocycles. The van der Waals surface area contributed by atoms with E-state index in [1.165, 1.54) is 31.3 Å². The topological polar surface area (TPSA) is 115 Å². The lowest BCUT2D eigenvalue weighted by Crippen LogP contribution is -2.48. The van der Waals surface area contributed by atoms with Crippen LogP contribution in [-0.2, 0) is 11.2 Å². The van der Waals surface area contributed by atoms with Gasteiger partial charge in [-0.2, -0.15) is 0 Å². The molecule has 8 heteroatoms. The fourth-order valence-corrected chi connectivity index (χ4v) is 3.87. The maximum Gasteiger partial charge on any atom is 0.271 e. The van der Waals surface area contributed by atoms with E-state index < -0.39 is 5.91 Å². The zero-order chi connectivity index (χ0) is 20.4. The lowest BCUT2D eigenvalue weighted by atomic mass is 9.84. The van der Waals surface area contributed by atoms with Crippen molar-refractivity contribution < 1.29 is 14.0 Å². The van der Waals surface area contributed by atoms with Crippen LogP contribution in [0, 0.1) is 17.7 Å². The van der Waals surface area contributed by atoms with Crippen molar-refractivity contribution in [3.8, 4) is 0 Å². The number of hydrogen-bond acceptors (Lipinski definition) is 5. The number of nitrogen functional groups attached to an aromatic ring is 1. The maximum absolute atomic E-state index is 13.3. The van der Waals surface area contributed by atoms with Crippen molar-refractivity contribution in [2.45, 2.75) is 39.2 Å². The van der Waals surface area contributed by atoms with Gasteiger partial charge in [-0.05, 0) is 54.9 Å². The molecule has 1 unspecified atom stereocenters. The predicted molar refractivity (Wildman–Crippen MR) is 104 cm³/mol. The van der Waals surface area contributed by atoms with Crippen molar-refractivity contribution in [3.63, 3.8) is 0 Å². The van der Waals surface area contributed by atoms with Gasteiger partial charge in [0.25, 0.3) is 5.91 Å². The summed E-state index contributed by atoms with van der Waals surface area (Å²) < 4.78 is 13.3. The molecule has 2 amide bonds. The minimum Gasteiger partial charge on any atom is -0.382 e. The van der Waals surface area contributed by atoms with Crippen LogP contribution in [0.15, 0.2) is 30.6 Å². The predicted octanol–water partition coefficient (Wildman–Crippen LogP) is 2.31. The van der Waals surface area contributed by atoms with Crippen LogP contribution in [0.4, 0.5) is 15.9 Å². The Morgan fingerprint density at radius 3 is 2.43 bits per heavy atom. The Morgan fingerprint density at radius 1 is 1.21 bits per heavy atom. The van der Waals surface area contributed by atoms with E-state index in [-0.39, 0.29) is 23.2 Å². The summed E-state index contributed by atoms with van der Waals surface area (Å²) >= 11 is 0. The van der Waals surface area contributed by atoms with Crippen LogP contribution in [0.1, 0.15) is 42.7 Å².